The summed E-state index contributed by atoms with van der Waals surface area (Å²) in [6.45, 7) is 0.718. The van der Waals surface area contributed by atoms with Crippen molar-refractivity contribution in [1.29, 1.82) is 0 Å². The van der Waals surface area contributed by atoms with E-state index in [9.17, 15) is 18.0 Å². The van der Waals surface area contributed by atoms with Crippen molar-refractivity contribution in [3.05, 3.63) is 41.6 Å². The van der Waals surface area contributed by atoms with Gasteiger partial charge in [-0.2, -0.15) is 18.2 Å². The maximum absolute atomic E-state index is 12.8. The number of rotatable bonds is 6. The molecule has 160 valence electrons. The Morgan fingerprint density at radius 3 is 2.36 bits per heavy atom. The van der Waals surface area contributed by atoms with Crippen LogP contribution in [0, 0.1) is 0 Å². The Morgan fingerprint density at radius 1 is 1.18 bits per heavy atom. The molecule has 9 nitrogen and oxygen atoms in total. The third kappa shape index (κ3) is 8.10. The van der Waals surface area contributed by atoms with Crippen LogP contribution in [0.1, 0.15) is 15.9 Å². The summed E-state index contributed by atoms with van der Waals surface area (Å²) in [7, 11) is 0. The fourth-order valence-corrected chi connectivity index (χ4v) is 1.84. The number of hydrogen-bond donors (Lipinski definition) is 4. The summed E-state index contributed by atoms with van der Waals surface area (Å²) in [4.78, 5) is 19.4. The van der Waals surface area contributed by atoms with Crippen molar-refractivity contribution in [1.82, 2.24) is 9.97 Å². The molecule has 1 aromatic carbocycles. The van der Waals surface area contributed by atoms with Crippen LogP contribution in [0.2, 0.25) is 0 Å². The van der Waals surface area contributed by atoms with Crippen LogP contribution in [0.25, 0.3) is 0 Å². The van der Waals surface area contributed by atoms with Crippen molar-refractivity contribution in [2.24, 2.45) is 11.5 Å². The Balaban J connectivity index is -0.00000156. The molecule has 0 aliphatic heterocycles. The minimum atomic E-state index is -4.48. The van der Waals surface area contributed by atoms with Gasteiger partial charge < -0.3 is 57.9 Å². The highest BCUT2D eigenvalue weighted by atomic mass is 35.5. The first-order valence-corrected chi connectivity index (χ1v) is 6.86. The van der Waals surface area contributed by atoms with Crippen molar-refractivity contribution in [2.45, 2.75) is 6.18 Å². The number of carbonyl (C=O) groups excluding carboxylic acids is 1. The number of nitrogens with two attached hydrogens (primary N) is 2. The summed E-state index contributed by atoms with van der Waals surface area (Å²) in [5.41, 5.74) is 9.82. The largest absolute Gasteiger partial charge is 1.00 e. The van der Waals surface area contributed by atoms with E-state index in [0.29, 0.717) is 13.1 Å². The fourth-order valence-electron chi connectivity index (χ4n) is 1.84. The van der Waals surface area contributed by atoms with Crippen LogP contribution in [0.5, 0.6) is 0 Å². The van der Waals surface area contributed by atoms with Gasteiger partial charge in [0, 0.05) is 25.0 Å². The minimum absolute atomic E-state index is 0. The first kappa shape index (κ1) is 30.4. The maximum atomic E-state index is 12.8. The molecular formula is C14H19Cl2F3N6O3-2. The Morgan fingerprint density at radius 2 is 1.82 bits per heavy atom. The molecule has 0 aliphatic carbocycles. The molecule has 28 heavy (non-hydrogen) atoms. The summed E-state index contributed by atoms with van der Waals surface area (Å²) >= 11 is 0. The number of alkyl halides is 3. The second-order valence-electron chi connectivity index (χ2n) is 4.74. The molecule has 2 rings (SSSR count). The lowest BCUT2D eigenvalue weighted by atomic mass is 10.2. The second-order valence-corrected chi connectivity index (χ2v) is 4.74. The van der Waals surface area contributed by atoms with Crippen LogP contribution in [0.3, 0.4) is 0 Å². The van der Waals surface area contributed by atoms with E-state index >= 15 is 0 Å². The molecule has 10 N–H and O–H groups in total. The molecule has 14 heteroatoms. The molecule has 0 unspecified atom stereocenters. The normalized spacial score (nSPS) is 9.57. The van der Waals surface area contributed by atoms with Crippen LogP contribution in [0.4, 0.5) is 30.6 Å². The number of hydrogen-bond acceptors (Lipinski definition) is 6. The van der Waals surface area contributed by atoms with Gasteiger partial charge in [-0.05, 0) is 18.2 Å². The molecule has 0 bridgehead atoms. The van der Waals surface area contributed by atoms with Gasteiger partial charge >= 0.3 is 6.18 Å². The SMILES string of the molecule is NCCNc1ncc(C(N)=O)c(Nc2cccc(C(F)(F)F)c2)n1.O.O.[Cl-].[Cl-]. The summed E-state index contributed by atoms with van der Waals surface area (Å²) < 4.78 is 38.3. The Labute approximate surface area is 170 Å². The number of primary amides is 1. The summed E-state index contributed by atoms with van der Waals surface area (Å²) in [6.07, 6.45) is -3.30. The van der Waals surface area contributed by atoms with Crippen molar-refractivity contribution in [2.75, 3.05) is 23.7 Å². The van der Waals surface area contributed by atoms with Gasteiger partial charge in [-0.15, -0.1) is 0 Å². The van der Waals surface area contributed by atoms with E-state index in [4.69, 9.17) is 11.5 Å². The number of nitrogens with zero attached hydrogens (tertiary/aromatic N) is 2. The average Bonchev–Trinajstić information content (AvgIpc) is 2.52. The maximum Gasteiger partial charge on any atom is 0.416 e. The highest BCUT2D eigenvalue weighted by Gasteiger charge is 2.30. The van der Waals surface area contributed by atoms with Gasteiger partial charge in [-0.1, -0.05) is 6.07 Å². The smallest absolute Gasteiger partial charge is 0.416 e. The van der Waals surface area contributed by atoms with Crippen molar-refractivity contribution >= 4 is 23.4 Å². The van der Waals surface area contributed by atoms with Crippen LogP contribution in [-0.2, 0) is 6.18 Å². The molecule has 1 aromatic heterocycles. The van der Waals surface area contributed by atoms with Crippen molar-refractivity contribution < 1.29 is 53.7 Å². The zero-order chi connectivity index (χ0) is 17.7. The van der Waals surface area contributed by atoms with Crippen LogP contribution < -0.4 is 46.9 Å². The molecule has 2 aromatic rings. The van der Waals surface area contributed by atoms with E-state index in [1.165, 1.54) is 18.3 Å². The Hall–Kier alpha value is -2.38. The molecule has 0 saturated carbocycles. The van der Waals surface area contributed by atoms with Gasteiger partial charge in [0.1, 0.15) is 11.4 Å². The van der Waals surface area contributed by atoms with Gasteiger partial charge in [0.05, 0.1) is 5.56 Å². The van der Waals surface area contributed by atoms with Crippen molar-refractivity contribution in [3.8, 4) is 0 Å². The lowest BCUT2D eigenvalue weighted by Crippen LogP contribution is -3.00. The van der Waals surface area contributed by atoms with Gasteiger partial charge in [0.2, 0.25) is 5.95 Å². The molecule has 1 heterocycles. The van der Waals surface area contributed by atoms with E-state index in [2.05, 4.69) is 20.6 Å². The third-order valence-corrected chi connectivity index (χ3v) is 2.93. The number of carbonyl (C=O) groups is 1. The number of nitrogens with one attached hydrogen (secondary N) is 2. The fraction of sp³-hybridized carbons (Fsp3) is 0.214. The monoisotopic (exact) mass is 446 g/mol. The molecule has 0 spiro atoms. The molecule has 0 aliphatic rings. The molecular weight excluding hydrogens is 428 g/mol. The Bertz CT molecular complexity index is 753. The van der Waals surface area contributed by atoms with Gasteiger partial charge in [-0.3, -0.25) is 4.79 Å². The van der Waals surface area contributed by atoms with E-state index in [1.807, 2.05) is 0 Å². The van der Waals surface area contributed by atoms with E-state index in [-0.39, 0.29) is 58.8 Å². The summed E-state index contributed by atoms with van der Waals surface area (Å²) in [6, 6.07) is 4.49. The summed E-state index contributed by atoms with van der Waals surface area (Å²) in [5, 5.41) is 5.46. The zero-order valence-corrected chi connectivity index (χ0v) is 15.7. The number of anilines is 3. The minimum Gasteiger partial charge on any atom is -1.00 e. The zero-order valence-electron chi connectivity index (χ0n) is 14.1. The molecule has 0 atom stereocenters. The molecule has 0 saturated heterocycles. The molecule has 0 fully saturated rings. The standard InChI is InChI=1S/C14H15F3N6O.2ClH.2H2O/c15-14(16,17)8-2-1-3-9(6-8)22-12-10(11(19)24)7-21-13(23-12)20-5-4-18;;;;/h1-3,6-7H,4-5,18H2,(H2,19,24)(H2,20,21,22,23);2*1H;2*1H2/p-2. The summed E-state index contributed by atoms with van der Waals surface area (Å²) in [5.74, 6) is -0.647. The first-order valence-electron chi connectivity index (χ1n) is 6.86. The quantitative estimate of drug-likeness (QED) is 0.342. The number of halogens is 5. The van der Waals surface area contributed by atoms with Gasteiger partial charge in [0.25, 0.3) is 5.91 Å². The van der Waals surface area contributed by atoms with E-state index in [0.717, 1.165) is 12.1 Å². The second kappa shape index (κ2) is 12.9. The third-order valence-electron chi connectivity index (χ3n) is 2.93. The predicted octanol–water partition coefficient (Wildman–Crippen LogP) is -5.93. The number of amides is 1. The predicted molar refractivity (Wildman–Crippen MR) is 90.0 cm³/mol. The van der Waals surface area contributed by atoms with Crippen molar-refractivity contribution in [3.63, 3.8) is 0 Å². The highest BCUT2D eigenvalue weighted by molar-refractivity contribution is 5.98. The van der Waals surface area contributed by atoms with Crippen LogP contribution in [0.15, 0.2) is 30.5 Å². The molecule has 1 amide bonds. The van der Waals surface area contributed by atoms with E-state index in [1.54, 1.807) is 0 Å². The van der Waals surface area contributed by atoms with E-state index < -0.39 is 17.6 Å². The van der Waals surface area contributed by atoms with Gasteiger partial charge in [-0.25, -0.2) is 4.98 Å². The Kier molecular flexibility index (Phi) is 14.0. The van der Waals surface area contributed by atoms with Crippen LogP contribution >= 0.6 is 0 Å². The van der Waals surface area contributed by atoms with Gasteiger partial charge in [0.15, 0.2) is 0 Å². The molecule has 0 radical (unpaired) electrons. The average molecular weight is 447 g/mol. The number of benzene rings is 1. The first-order chi connectivity index (χ1) is 11.3. The number of aromatic nitrogens is 2. The lowest BCUT2D eigenvalue weighted by molar-refractivity contribution is -0.137. The lowest BCUT2D eigenvalue weighted by Gasteiger charge is -2.13. The highest BCUT2D eigenvalue weighted by Crippen LogP contribution is 2.31. The topological polar surface area (TPSA) is 182 Å². The van der Waals surface area contributed by atoms with Crippen LogP contribution in [-0.4, -0.2) is 39.9 Å².